The van der Waals surface area contributed by atoms with E-state index in [2.05, 4.69) is 20.8 Å². The minimum Gasteiger partial charge on any atom is -0.490 e. The topological polar surface area (TPSA) is 35.2 Å². The van der Waals surface area contributed by atoms with Crippen molar-refractivity contribution in [2.45, 2.75) is 39.8 Å². The monoisotopic (exact) mass is 241 g/mol. The molecule has 0 aromatic heterocycles. The van der Waals surface area contributed by atoms with Crippen molar-refractivity contribution in [3.05, 3.63) is 28.8 Å². The molecule has 0 aliphatic rings. The van der Waals surface area contributed by atoms with Crippen molar-refractivity contribution < 1.29 is 4.74 Å². The SMILES string of the molecule is CC(N)c1ccc(OC(C)C(C)C)cc1Cl. The Morgan fingerprint density at radius 3 is 2.25 bits per heavy atom. The van der Waals surface area contributed by atoms with Crippen LogP contribution in [-0.2, 0) is 0 Å². The molecule has 2 nitrogen and oxygen atoms in total. The first kappa shape index (κ1) is 13.3. The van der Waals surface area contributed by atoms with E-state index in [-0.39, 0.29) is 12.1 Å². The molecule has 0 amide bonds. The van der Waals surface area contributed by atoms with Gasteiger partial charge < -0.3 is 10.5 Å². The molecule has 1 aromatic carbocycles. The molecule has 0 spiro atoms. The molecule has 1 aromatic rings. The Labute approximate surface area is 103 Å². The summed E-state index contributed by atoms with van der Waals surface area (Å²) in [6, 6.07) is 5.63. The predicted octanol–water partition coefficient (Wildman–Crippen LogP) is 3.78. The maximum Gasteiger partial charge on any atom is 0.121 e. The fourth-order valence-corrected chi connectivity index (χ4v) is 1.64. The number of halogens is 1. The third-order valence-corrected chi connectivity index (χ3v) is 3.05. The lowest BCUT2D eigenvalue weighted by atomic mass is 10.1. The molecule has 0 aliphatic carbocycles. The van der Waals surface area contributed by atoms with E-state index in [1.54, 1.807) is 0 Å². The van der Waals surface area contributed by atoms with Crippen LogP contribution in [0, 0.1) is 5.92 Å². The fraction of sp³-hybridized carbons (Fsp3) is 0.538. The summed E-state index contributed by atoms with van der Waals surface area (Å²) in [5.74, 6) is 1.28. The summed E-state index contributed by atoms with van der Waals surface area (Å²) in [5.41, 5.74) is 6.74. The third-order valence-electron chi connectivity index (χ3n) is 2.72. The second kappa shape index (κ2) is 5.55. The van der Waals surface area contributed by atoms with Gasteiger partial charge in [-0.25, -0.2) is 0 Å². The maximum atomic E-state index is 6.13. The summed E-state index contributed by atoms with van der Waals surface area (Å²) in [5, 5.41) is 0.670. The molecular formula is C13H20ClNO. The highest BCUT2D eigenvalue weighted by atomic mass is 35.5. The maximum absolute atomic E-state index is 6.13. The zero-order valence-electron chi connectivity index (χ0n) is 10.3. The highest BCUT2D eigenvalue weighted by Gasteiger charge is 2.11. The summed E-state index contributed by atoms with van der Waals surface area (Å²) in [6.07, 6.45) is 0.178. The van der Waals surface area contributed by atoms with E-state index >= 15 is 0 Å². The molecule has 2 atom stereocenters. The fourth-order valence-electron chi connectivity index (χ4n) is 1.30. The number of nitrogens with two attached hydrogens (primary N) is 1. The Balaban J connectivity index is 2.81. The second-order valence-corrected chi connectivity index (χ2v) is 4.95. The molecule has 0 bridgehead atoms. The summed E-state index contributed by atoms with van der Waals surface area (Å²) in [6.45, 7) is 8.22. The Bertz CT molecular complexity index is 350. The van der Waals surface area contributed by atoms with Crippen LogP contribution in [0.2, 0.25) is 5.02 Å². The van der Waals surface area contributed by atoms with Gasteiger partial charge in [0.25, 0.3) is 0 Å². The van der Waals surface area contributed by atoms with Gasteiger partial charge >= 0.3 is 0 Å². The van der Waals surface area contributed by atoms with Gasteiger partial charge in [-0.05, 0) is 37.5 Å². The van der Waals surface area contributed by atoms with Crippen molar-refractivity contribution in [1.29, 1.82) is 0 Å². The average molecular weight is 242 g/mol. The van der Waals surface area contributed by atoms with Crippen LogP contribution < -0.4 is 10.5 Å². The lowest BCUT2D eigenvalue weighted by Gasteiger charge is -2.19. The predicted molar refractivity (Wildman–Crippen MR) is 69.0 cm³/mol. The number of rotatable bonds is 4. The molecule has 3 heteroatoms. The largest absolute Gasteiger partial charge is 0.490 e. The first-order valence-electron chi connectivity index (χ1n) is 5.63. The van der Waals surface area contributed by atoms with Crippen LogP contribution in [0.4, 0.5) is 0 Å². The first-order valence-corrected chi connectivity index (χ1v) is 6.01. The molecule has 16 heavy (non-hydrogen) atoms. The molecule has 2 unspecified atom stereocenters. The van der Waals surface area contributed by atoms with Crippen LogP contribution in [0.3, 0.4) is 0 Å². The Morgan fingerprint density at radius 1 is 1.19 bits per heavy atom. The normalized spacial score (nSPS) is 14.9. The van der Waals surface area contributed by atoms with Gasteiger partial charge in [-0.2, -0.15) is 0 Å². The lowest BCUT2D eigenvalue weighted by Crippen LogP contribution is -2.18. The van der Waals surface area contributed by atoms with Gasteiger partial charge in [-0.1, -0.05) is 31.5 Å². The Kier molecular flexibility index (Phi) is 4.63. The minimum atomic E-state index is -0.0518. The van der Waals surface area contributed by atoms with Gasteiger partial charge in [-0.3, -0.25) is 0 Å². The molecule has 0 saturated carbocycles. The molecule has 0 saturated heterocycles. The average Bonchev–Trinajstić information content (AvgIpc) is 2.16. The van der Waals surface area contributed by atoms with Crippen molar-refractivity contribution in [1.82, 2.24) is 0 Å². The van der Waals surface area contributed by atoms with E-state index < -0.39 is 0 Å². The highest BCUT2D eigenvalue weighted by molar-refractivity contribution is 6.31. The summed E-state index contributed by atoms with van der Waals surface area (Å²) < 4.78 is 5.77. The molecular weight excluding hydrogens is 222 g/mol. The summed E-state index contributed by atoms with van der Waals surface area (Å²) in [4.78, 5) is 0. The lowest BCUT2D eigenvalue weighted by molar-refractivity contribution is 0.170. The van der Waals surface area contributed by atoms with E-state index in [0.717, 1.165) is 11.3 Å². The summed E-state index contributed by atoms with van der Waals surface area (Å²) >= 11 is 6.13. The Morgan fingerprint density at radius 2 is 1.81 bits per heavy atom. The van der Waals surface area contributed by atoms with Crippen molar-refractivity contribution in [2.24, 2.45) is 11.7 Å². The molecule has 0 aliphatic heterocycles. The highest BCUT2D eigenvalue weighted by Crippen LogP contribution is 2.27. The van der Waals surface area contributed by atoms with E-state index in [9.17, 15) is 0 Å². The van der Waals surface area contributed by atoms with Gasteiger partial charge in [0.15, 0.2) is 0 Å². The van der Waals surface area contributed by atoms with E-state index in [4.69, 9.17) is 22.1 Å². The first-order chi connectivity index (χ1) is 7.41. The van der Waals surface area contributed by atoms with Gasteiger partial charge in [0.05, 0.1) is 6.10 Å². The van der Waals surface area contributed by atoms with E-state index in [0.29, 0.717) is 10.9 Å². The minimum absolute atomic E-state index is 0.0518. The van der Waals surface area contributed by atoms with Crippen LogP contribution in [0.25, 0.3) is 0 Å². The van der Waals surface area contributed by atoms with Crippen LogP contribution in [0.1, 0.15) is 39.3 Å². The van der Waals surface area contributed by atoms with Gasteiger partial charge in [0.1, 0.15) is 5.75 Å². The van der Waals surface area contributed by atoms with Crippen molar-refractivity contribution in [2.75, 3.05) is 0 Å². The van der Waals surface area contributed by atoms with Crippen molar-refractivity contribution in [3.8, 4) is 5.75 Å². The summed E-state index contributed by atoms with van der Waals surface area (Å²) in [7, 11) is 0. The zero-order valence-corrected chi connectivity index (χ0v) is 11.1. The van der Waals surface area contributed by atoms with Crippen molar-refractivity contribution in [3.63, 3.8) is 0 Å². The number of ether oxygens (including phenoxy) is 1. The third kappa shape index (κ3) is 3.39. The van der Waals surface area contributed by atoms with Crippen molar-refractivity contribution >= 4 is 11.6 Å². The molecule has 90 valence electrons. The quantitative estimate of drug-likeness (QED) is 0.871. The molecule has 1 rings (SSSR count). The van der Waals surface area contributed by atoms with E-state index in [1.165, 1.54) is 0 Å². The molecule has 0 radical (unpaired) electrons. The van der Waals surface area contributed by atoms with Crippen LogP contribution in [0.15, 0.2) is 18.2 Å². The van der Waals surface area contributed by atoms with Gasteiger partial charge in [-0.15, -0.1) is 0 Å². The smallest absolute Gasteiger partial charge is 0.121 e. The number of hydrogen-bond donors (Lipinski definition) is 1. The van der Waals surface area contributed by atoms with Gasteiger partial charge in [0, 0.05) is 11.1 Å². The molecule has 2 N–H and O–H groups in total. The Hall–Kier alpha value is -0.730. The number of benzene rings is 1. The van der Waals surface area contributed by atoms with Crippen LogP contribution >= 0.6 is 11.6 Å². The molecule has 0 fully saturated rings. The van der Waals surface area contributed by atoms with Gasteiger partial charge in [0.2, 0.25) is 0 Å². The number of hydrogen-bond acceptors (Lipinski definition) is 2. The van der Waals surface area contributed by atoms with Crippen LogP contribution in [0.5, 0.6) is 5.75 Å². The zero-order chi connectivity index (χ0) is 12.3. The van der Waals surface area contributed by atoms with Crippen LogP contribution in [-0.4, -0.2) is 6.10 Å². The standard InChI is InChI=1S/C13H20ClNO/c1-8(2)10(4)16-11-5-6-12(9(3)15)13(14)7-11/h5-10H,15H2,1-4H3. The van der Waals surface area contributed by atoms with E-state index in [1.807, 2.05) is 25.1 Å². The molecule has 0 heterocycles. The second-order valence-electron chi connectivity index (χ2n) is 4.54.